The maximum Gasteiger partial charge on any atom is 0.220 e. The molecule has 0 aromatic rings. The van der Waals surface area contributed by atoms with Crippen molar-refractivity contribution in [2.24, 2.45) is 0 Å². The van der Waals surface area contributed by atoms with Crippen LogP contribution in [0, 0.1) is 0 Å². The molecule has 77 heavy (non-hydrogen) atoms. The zero-order valence-corrected chi connectivity index (χ0v) is 47.7. The lowest BCUT2D eigenvalue weighted by Gasteiger charge is -2.46. The largest absolute Gasteiger partial charge is 0.394 e. The summed E-state index contributed by atoms with van der Waals surface area (Å²) in [7, 11) is 0. The Morgan fingerprint density at radius 1 is 0.468 bits per heavy atom. The van der Waals surface area contributed by atoms with Gasteiger partial charge in [-0.25, -0.2) is 0 Å². The SMILES string of the molecule is CC/C=C\C/C=C\C/C=C\C/C=C\CCCCCCCCCCCCCCCCCCCCCCC(=O)NC(COC1OC(CO)C(OC2OC(CO)C(O)C(O)C2O)C(O)C1O)C(O)/C=C/CC/C=C/CC/C=C/CC. The molecule has 2 fully saturated rings. The molecular formula is C63H109NO13. The molecule has 0 saturated carbocycles. The number of hydrogen-bond acceptors (Lipinski definition) is 13. The first-order valence-electron chi connectivity index (χ1n) is 30.3. The third-order valence-corrected chi connectivity index (χ3v) is 14.3. The van der Waals surface area contributed by atoms with Crippen LogP contribution >= 0.6 is 0 Å². The highest BCUT2D eigenvalue weighted by atomic mass is 16.7. The molecule has 14 heteroatoms. The van der Waals surface area contributed by atoms with Crippen LogP contribution in [-0.4, -0.2) is 140 Å². The fourth-order valence-corrected chi connectivity index (χ4v) is 9.50. The molecule has 0 bridgehead atoms. The van der Waals surface area contributed by atoms with E-state index in [2.05, 4.69) is 92.1 Å². The smallest absolute Gasteiger partial charge is 0.220 e. The number of rotatable bonds is 47. The van der Waals surface area contributed by atoms with E-state index in [4.69, 9.17) is 18.9 Å². The highest BCUT2D eigenvalue weighted by Crippen LogP contribution is 2.30. The maximum absolute atomic E-state index is 13.2. The van der Waals surface area contributed by atoms with Gasteiger partial charge < -0.3 is 65.1 Å². The summed E-state index contributed by atoms with van der Waals surface area (Å²) >= 11 is 0. The standard InChI is InChI=1S/C63H109NO13/c1-3-5-7-9-11-13-15-16-17-18-19-20-21-22-23-24-25-26-27-28-29-30-31-32-33-34-35-36-37-39-41-43-45-47-55(68)64-51(52(67)46-44-42-40-38-14-12-10-8-6-4-2)50-74-62-60(73)58(71)61(54(49-66)76-62)77-63-59(72)57(70)56(69)53(48-65)75-63/h5-8,11,13-14,16-17,19-20,38,44,46,51-54,56-63,65-67,69-73H,3-4,9-10,12,15,18,21-37,39-43,45,47-50H2,1-2H3,(H,64,68)/b7-5-,8-6+,13-11-,17-16-,20-19-,38-14+,46-44+. The van der Waals surface area contributed by atoms with Crippen LogP contribution in [0.3, 0.4) is 0 Å². The van der Waals surface area contributed by atoms with Crippen LogP contribution in [0.15, 0.2) is 85.1 Å². The molecule has 12 unspecified atom stereocenters. The molecule has 2 aliphatic heterocycles. The van der Waals surface area contributed by atoms with Gasteiger partial charge in [0.1, 0.15) is 48.8 Å². The van der Waals surface area contributed by atoms with Crippen molar-refractivity contribution in [1.29, 1.82) is 0 Å². The first kappa shape index (κ1) is 70.3. The molecule has 0 aromatic carbocycles. The number of aliphatic hydroxyl groups is 8. The molecule has 14 nitrogen and oxygen atoms in total. The second-order valence-corrected chi connectivity index (χ2v) is 21.0. The second-order valence-electron chi connectivity index (χ2n) is 21.0. The summed E-state index contributed by atoms with van der Waals surface area (Å²) < 4.78 is 22.7. The molecule has 12 atom stereocenters. The number of carbonyl (C=O) groups excluding carboxylic acids is 1. The van der Waals surface area contributed by atoms with Crippen LogP contribution in [0.25, 0.3) is 0 Å². The maximum atomic E-state index is 13.2. The molecule has 2 aliphatic rings. The van der Waals surface area contributed by atoms with E-state index in [-0.39, 0.29) is 18.9 Å². The lowest BCUT2D eigenvalue weighted by atomic mass is 9.97. The zero-order valence-electron chi connectivity index (χ0n) is 47.7. The second kappa shape index (κ2) is 47.9. The van der Waals surface area contributed by atoms with Crippen molar-refractivity contribution in [1.82, 2.24) is 5.32 Å². The molecule has 444 valence electrons. The molecular weight excluding hydrogens is 979 g/mol. The predicted octanol–water partition coefficient (Wildman–Crippen LogP) is 10.5. The summed E-state index contributed by atoms with van der Waals surface area (Å²) in [5.41, 5.74) is 0. The number of hydrogen-bond donors (Lipinski definition) is 9. The van der Waals surface area contributed by atoms with E-state index >= 15 is 0 Å². The van der Waals surface area contributed by atoms with Crippen molar-refractivity contribution >= 4 is 5.91 Å². The Bertz CT molecular complexity index is 1610. The fraction of sp³-hybridized carbons (Fsp3) is 0.762. The minimum Gasteiger partial charge on any atom is -0.394 e. The summed E-state index contributed by atoms with van der Waals surface area (Å²) in [5.74, 6) is -0.257. The topological polar surface area (TPSA) is 228 Å². The van der Waals surface area contributed by atoms with E-state index in [1.54, 1.807) is 6.08 Å². The first-order valence-corrected chi connectivity index (χ1v) is 30.3. The first-order chi connectivity index (χ1) is 37.6. The van der Waals surface area contributed by atoms with Gasteiger partial charge in [-0.3, -0.25) is 4.79 Å². The molecule has 2 heterocycles. The third-order valence-electron chi connectivity index (χ3n) is 14.3. The van der Waals surface area contributed by atoms with Crippen LogP contribution in [0.5, 0.6) is 0 Å². The van der Waals surface area contributed by atoms with Gasteiger partial charge in [-0.05, 0) is 77.0 Å². The Balaban J connectivity index is 1.61. The summed E-state index contributed by atoms with van der Waals surface area (Å²) in [6.07, 6.45) is 48.1. The van der Waals surface area contributed by atoms with Gasteiger partial charge >= 0.3 is 0 Å². The molecule has 1 amide bonds. The average molecular weight is 1090 g/mol. The Hall–Kier alpha value is -2.83. The van der Waals surface area contributed by atoms with Gasteiger partial charge in [0.05, 0.1) is 32.0 Å². The molecule has 9 N–H and O–H groups in total. The molecule has 0 aliphatic carbocycles. The van der Waals surface area contributed by atoms with E-state index < -0.39 is 86.8 Å². The molecule has 0 aromatic heterocycles. The normalized spacial score (nSPS) is 25.3. The van der Waals surface area contributed by atoms with Gasteiger partial charge in [0.25, 0.3) is 0 Å². The number of aliphatic hydroxyl groups excluding tert-OH is 8. The lowest BCUT2D eigenvalue weighted by Crippen LogP contribution is -2.65. The Morgan fingerprint density at radius 2 is 0.870 bits per heavy atom. The van der Waals surface area contributed by atoms with Crippen molar-refractivity contribution < 1.29 is 64.6 Å². The van der Waals surface area contributed by atoms with Crippen molar-refractivity contribution in [3.05, 3.63) is 85.1 Å². The van der Waals surface area contributed by atoms with Gasteiger partial charge in [-0.15, -0.1) is 0 Å². The summed E-state index contributed by atoms with van der Waals surface area (Å²) in [5, 5.41) is 86.8. The highest BCUT2D eigenvalue weighted by Gasteiger charge is 2.51. The summed E-state index contributed by atoms with van der Waals surface area (Å²) in [6, 6.07) is -0.938. The number of unbranched alkanes of at least 4 members (excludes halogenated alkanes) is 22. The van der Waals surface area contributed by atoms with Gasteiger partial charge in [-0.1, -0.05) is 214 Å². The van der Waals surface area contributed by atoms with E-state index in [1.165, 1.54) is 109 Å². The van der Waals surface area contributed by atoms with E-state index in [0.29, 0.717) is 12.8 Å². The molecule has 0 spiro atoms. The number of amides is 1. The Kier molecular flexibility index (Phi) is 43.7. The van der Waals surface area contributed by atoms with Gasteiger partial charge in [0, 0.05) is 6.42 Å². The van der Waals surface area contributed by atoms with Crippen LogP contribution in [0.4, 0.5) is 0 Å². The van der Waals surface area contributed by atoms with Crippen LogP contribution in [-0.2, 0) is 23.7 Å². The van der Waals surface area contributed by atoms with Gasteiger partial charge in [-0.2, -0.15) is 0 Å². The molecule has 2 saturated heterocycles. The van der Waals surface area contributed by atoms with E-state index in [0.717, 1.165) is 70.6 Å². The van der Waals surface area contributed by atoms with Crippen LogP contribution in [0.1, 0.15) is 213 Å². The minimum absolute atomic E-state index is 0.257. The predicted molar refractivity (Wildman–Crippen MR) is 309 cm³/mol. The quantitative estimate of drug-likeness (QED) is 0.0204. The van der Waals surface area contributed by atoms with Gasteiger partial charge in [0.15, 0.2) is 12.6 Å². The van der Waals surface area contributed by atoms with Crippen molar-refractivity contribution in [2.75, 3.05) is 19.8 Å². The van der Waals surface area contributed by atoms with Crippen molar-refractivity contribution in [3.8, 4) is 0 Å². The fourth-order valence-electron chi connectivity index (χ4n) is 9.50. The van der Waals surface area contributed by atoms with E-state index in [9.17, 15) is 45.6 Å². The Labute approximate surface area is 465 Å². The average Bonchev–Trinajstić information content (AvgIpc) is 3.45. The highest BCUT2D eigenvalue weighted by molar-refractivity contribution is 5.76. The number of ether oxygens (including phenoxy) is 4. The van der Waals surface area contributed by atoms with Crippen molar-refractivity contribution in [2.45, 2.75) is 286 Å². The monoisotopic (exact) mass is 1090 g/mol. The summed E-state index contributed by atoms with van der Waals surface area (Å²) in [4.78, 5) is 13.2. The minimum atomic E-state index is -1.79. The van der Waals surface area contributed by atoms with Crippen molar-refractivity contribution in [3.63, 3.8) is 0 Å². The number of carbonyl (C=O) groups is 1. The molecule has 0 radical (unpaired) electrons. The third kappa shape index (κ3) is 33.5. The Morgan fingerprint density at radius 3 is 1.38 bits per heavy atom. The van der Waals surface area contributed by atoms with E-state index in [1.807, 2.05) is 6.08 Å². The summed E-state index contributed by atoms with van der Waals surface area (Å²) in [6.45, 7) is 2.52. The zero-order chi connectivity index (χ0) is 56.0. The number of allylic oxidation sites excluding steroid dienone is 13. The van der Waals surface area contributed by atoms with Gasteiger partial charge in [0.2, 0.25) is 5.91 Å². The molecule has 2 rings (SSSR count). The van der Waals surface area contributed by atoms with Crippen LogP contribution < -0.4 is 5.32 Å². The lowest BCUT2D eigenvalue weighted by molar-refractivity contribution is -0.359. The number of nitrogens with one attached hydrogen (secondary N) is 1. The van der Waals surface area contributed by atoms with Crippen LogP contribution in [0.2, 0.25) is 0 Å².